The SMILES string of the molecule is CCN(CCN)C(=O)CC(N)=O. The van der Waals surface area contributed by atoms with Gasteiger partial charge in [-0.1, -0.05) is 0 Å². The molecule has 0 heterocycles. The molecular weight excluding hydrogens is 158 g/mol. The van der Waals surface area contributed by atoms with Crippen molar-refractivity contribution in [2.45, 2.75) is 13.3 Å². The van der Waals surface area contributed by atoms with Gasteiger partial charge < -0.3 is 16.4 Å². The average Bonchev–Trinajstić information content (AvgIpc) is 1.98. The molecule has 0 bridgehead atoms. The predicted octanol–water partition coefficient (Wildman–Crippen LogP) is -1.33. The minimum Gasteiger partial charge on any atom is -0.369 e. The molecule has 0 aromatic heterocycles. The van der Waals surface area contributed by atoms with Gasteiger partial charge >= 0.3 is 0 Å². The second-order valence-corrected chi connectivity index (χ2v) is 2.41. The maximum absolute atomic E-state index is 11.1. The van der Waals surface area contributed by atoms with Crippen molar-refractivity contribution in [1.29, 1.82) is 0 Å². The van der Waals surface area contributed by atoms with Crippen molar-refractivity contribution in [3.8, 4) is 0 Å². The fraction of sp³-hybridized carbons (Fsp3) is 0.714. The van der Waals surface area contributed by atoms with Crippen LogP contribution in [0.15, 0.2) is 0 Å². The van der Waals surface area contributed by atoms with Crippen LogP contribution >= 0.6 is 0 Å². The second kappa shape index (κ2) is 5.54. The van der Waals surface area contributed by atoms with Gasteiger partial charge in [0.05, 0.1) is 0 Å². The van der Waals surface area contributed by atoms with E-state index >= 15 is 0 Å². The predicted molar refractivity (Wildman–Crippen MR) is 45.1 cm³/mol. The molecule has 2 amide bonds. The molecule has 0 aromatic carbocycles. The third-order valence-corrected chi connectivity index (χ3v) is 1.46. The lowest BCUT2D eigenvalue weighted by Crippen LogP contribution is -2.37. The van der Waals surface area contributed by atoms with Gasteiger partial charge in [-0.15, -0.1) is 0 Å². The van der Waals surface area contributed by atoms with Gasteiger partial charge in [-0.2, -0.15) is 0 Å². The van der Waals surface area contributed by atoms with Crippen LogP contribution in [0.4, 0.5) is 0 Å². The molecule has 0 aromatic rings. The fourth-order valence-electron chi connectivity index (χ4n) is 0.876. The summed E-state index contributed by atoms with van der Waals surface area (Å²) < 4.78 is 0. The average molecular weight is 173 g/mol. The molecule has 0 saturated carbocycles. The summed E-state index contributed by atoms with van der Waals surface area (Å²) in [5.74, 6) is -0.856. The monoisotopic (exact) mass is 173 g/mol. The number of likely N-dealkylation sites (N-methyl/N-ethyl adjacent to an activating group) is 1. The van der Waals surface area contributed by atoms with Crippen molar-refractivity contribution in [2.75, 3.05) is 19.6 Å². The number of carbonyl (C=O) groups is 2. The van der Waals surface area contributed by atoms with E-state index in [0.717, 1.165) is 0 Å². The zero-order chi connectivity index (χ0) is 9.56. The lowest BCUT2D eigenvalue weighted by molar-refractivity contribution is -0.134. The molecular formula is C7H15N3O2. The third kappa shape index (κ3) is 3.92. The summed E-state index contributed by atoms with van der Waals surface area (Å²) in [4.78, 5) is 23.0. The molecule has 0 aliphatic rings. The normalized spacial score (nSPS) is 9.50. The lowest BCUT2D eigenvalue weighted by Gasteiger charge is -2.18. The third-order valence-electron chi connectivity index (χ3n) is 1.46. The van der Waals surface area contributed by atoms with Crippen molar-refractivity contribution in [3.05, 3.63) is 0 Å². The molecule has 0 fully saturated rings. The number of nitrogens with zero attached hydrogens (tertiary/aromatic N) is 1. The van der Waals surface area contributed by atoms with Crippen LogP contribution in [0.3, 0.4) is 0 Å². The second-order valence-electron chi connectivity index (χ2n) is 2.41. The van der Waals surface area contributed by atoms with Crippen molar-refractivity contribution < 1.29 is 9.59 Å². The van der Waals surface area contributed by atoms with Crippen LogP contribution in [0, 0.1) is 0 Å². The summed E-state index contributed by atoms with van der Waals surface area (Å²) in [6.07, 6.45) is -0.228. The summed E-state index contributed by atoms with van der Waals surface area (Å²) in [5.41, 5.74) is 10.1. The molecule has 0 radical (unpaired) electrons. The summed E-state index contributed by atoms with van der Waals surface area (Å²) in [6, 6.07) is 0. The topological polar surface area (TPSA) is 89.4 Å². The fourth-order valence-corrected chi connectivity index (χ4v) is 0.876. The number of amides is 2. The van der Waals surface area contributed by atoms with E-state index in [0.29, 0.717) is 19.6 Å². The van der Waals surface area contributed by atoms with Gasteiger partial charge in [0.15, 0.2) is 0 Å². The Morgan fingerprint density at radius 2 is 2.00 bits per heavy atom. The van der Waals surface area contributed by atoms with Crippen LogP contribution in [-0.4, -0.2) is 36.3 Å². The van der Waals surface area contributed by atoms with Crippen LogP contribution in [-0.2, 0) is 9.59 Å². The summed E-state index contributed by atoms with van der Waals surface area (Å²) >= 11 is 0. The Hall–Kier alpha value is -1.10. The van der Waals surface area contributed by atoms with Gasteiger partial charge in [-0.25, -0.2) is 0 Å². The van der Waals surface area contributed by atoms with Gasteiger partial charge in [0, 0.05) is 19.6 Å². The van der Waals surface area contributed by atoms with Crippen LogP contribution in [0.25, 0.3) is 0 Å². The maximum Gasteiger partial charge on any atom is 0.232 e. The van der Waals surface area contributed by atoms with Gasteiger partial charge in [0.2, 0.25) is 11.8 Å². The van der Waals surface area contributed by atoms with Gasteiger partial charge in [0.25, 0.3) is 0 Å². The highest BCUT2D eigenvalue weighted by molar-refractivity contribution is 5.96. The number of carbonyl (C=O) groups excluding carboxylic acids is 2. The molecule has 4 N–H and O–H groups in total. The first-order valence-corrected chi connectivity index (χ1v) is 3.88. The Bertz CT molecular complexity index is 170. The summed E-state index contributed by atoms with van der Waals surface area (Å²) in [7, 11) is 0. The molecule has 5 nitrogen and oxygen atoms in total. The highest BCUT2D eigenvalue weighted by Crippen LogP contribution is 1.92. The van der Waals surface area contributed by atoms with Crippen molar-refractivity contribution in [1.82, 2.24) is 4.90 Å². The first-order chi connectivity index (χ1) is 5.61. The largest absolute Gasteiger partial charge is 0.369 e. The first-order valence-electron chi connectivity index (χ1n) is 3.88. The minimum atomic E-state index is -0.601. The minimum absolute atomic E-state index is 0.228. The quantitative estimate of drug-likeness (QED) is 0.505. The number of nitrogens with two attached hydrogens (primary N) is 2. The number of hydrogen-bond acceptors (Lipinski definition) is 3. The van der Waals surface area contributed by atoms with Crippen molar-refractivity contribution >= 4 is 11.8 Å². The van der Waals surface area contributed by atoms with E-state index in [1.807, 2.05) is 6.92 Å². The van der Waals surface area contributed by atoms with Gasteiger partial charge in [0.1, 0.15) is 6.42 Å². The number of hydrogen-bond donors (Lipinski definition) is 2. The van der Waals surface area contributed by atoms with E-state index in [9.17, 15) is 9.59 Å². The smallest absolute Gasteiger partial charge is 0.232 e. The zero-order valence-electron chi connectivity index (χ0n) is 7.25. The number of rotatable bonds is 5. The molecule has 0 spiro atoms. The molecule has 0 rings (SSSR count). The van der Waals surface area contributed by atoms with Crippen molar-refractivity contribution in [3.63, 3.8) is 0 Å². The van der Waals surface area contributed by atoms with Gasteiger partial charge in [-0.3, -0.25) is 9.59 Å². The van der Waals surface area contributed by atoms with Crippen LogP contribution in [0.2, 0.25) is 0 Å². The highest BCUT2D eigenvalue weighted by Gasteiger charge is 2.12. The van der Waals surface area contributed by atoms with E-state index < -0.39 is 5.91 Å². The Morgan fingerprint density at radius 1 is 1.42 bits per heavy atom. The Labute approximate surface area is 71.7 Å². The maximum atomic E-state index is 11.1. The zero-order valence-corrected chi connectivity index (χ0v) is 7.25. The van der Waals surface area contributed by atoms with Crippen molar-refractivity contribution in [2.24, 2.45) is 11.5 Å². The molecule has 0 atom stereocenters. The number of primary amides is 1. The summed E-state index contributed by atoms with van der Waals surface area (Å²) in [6.45, 7) is 3.26. The molecule has 12 heavy (non-hydrogen) atoms. The Balaban J connectivity index is 3.93. The molecule has 70 valence electrons. The first kappa shape index (κ1) is 10.9. The Kier molecular flexibility index (Phi) is 5.03. The van der Waals surface area contributed by atoms with Gasteiger partial charge in [-0.05, 0) is 6.92 Å². The molecule has 0 unspecified atom stereocenters. The Morgan fingerprint density at radius 3 is 2.33 bits per heavy atom. The lowest BCUT2D eigenvalue weighted by atomic mass is 10.3. The van der Waals surface area contributed by atoms with E-state index in [1.165, 1.54) is 4.90 Å². The van der Waals surface area contributed by atoms with E-state index in [1.54, 1.807) is 0 Å². The van der Waals surface area contributed by atoms with Crippen LogP contribution < -0.4 is 11.5 Å². The van der Waals surface area contributed by atoms with E-state index in [4.69, 9.17) is 11.5 Å². The summed E-state index contributed by atoms with van der Waals surface area (Å²) in [5, 5.41) is 0. The molecule has 5 heteroatoms. The highest BCUT2D eigenvalue weighted by atomic mass is 16.2. The molecule has 0 saturated heterocycles. The molecule has 0 aliphatic heterocycles. The molecule has 0 aliphatic carbocycles. The van der Waals surface area contributed by atoms with Crippen LogP contribution in [0.1, 0.15) is 13.3 Å². The van der Waals surface area contributed by atoms with Crippen LogP contribution in [0.5, 0.6) is 0 Å². The standard InChI is InChI=1S/C7H15N3O2/c1-2-10(4-3-8)7(12)5-6(9)11/h2-5,8H2,1H3,(H2,9,11). The van der Waals surface area contributed by atoms with E-state index in [-0.39, 0.29) is 12.3 Å². The van der Waals surface area contributed by atoms with E-state index in [2.05, 4.69) is 0 Å².